The number of rotatable bonds is 7. The Kier molecular flexibility index (Phi) is 7.47. The second kappa shape index (κ2) is 10.5. The third-order valence-corrected chi connectivity index (χ3v) is 6.61. The van der Waals surface area contributed by atoms with Crippen molar-refractivity contribution in [2.24, 2.45) is 0 Å². The van der Waals surface area contributed by atoms with Crippen LogP contribution in [0.3, 0.4) is 0 Å². The molecule has 3 amide bonds. The Morgan fingerprint density at radius 1 is 1.22 bits per heavy atom. The van der Waals surface area contributed by atoms with Crippen LogP contribution in [0.15, 0.2) is 24.4 Å². The summed E-state index contributed by atoms with van der Waals surface area (Å²) in [5.41, 5.74) is 3.52. The maximum absolute atomic E-state index is 12.9. The highest BCUT2D eigenvalue weighted by Gasteiger charge is 2.39. The summed E-state index contributed by atoms with van der Waals surface area (Å²) < 4.78 is 1.82. The van der Waals surface area contributed by atoms with Gasteiger partial charge < -0.3 is 4.90 Å². The molecule has 1 fully saturated rings. The van der Waals surface area contributed by atoms with Gasteiger partial charge in [0.15, 0.2) is 5.69 Å². The van der Waals surface area contributed by atoms with Crippen LogP contribution < -0.4 is 5.32 Å². The fourth-order valence-electron chi connectivity index (χ4n) is 4.19. The molecule has 1 atom stereocenters. The zero-order valence-corrected chi connectivity index (χ0v) is 20.3. The van der Waals surface area contributed by atoms with Crippen molar-refractivity contribution in [1.29, 1.82) is 0 Å². The van der Waals surface area contributed by atoms with Crippen molar-refractivity contribution in [2.45, 2.75) is 57.7 Å². The summed E-state index contributed by atoms with van der Waals surface area (Å²) >= 11 is 2.12. The van der Waals surface area contributed by atoms with Crippen molar-refractivity contribution in [3.05, 3.63) is 46.8 Å². The molecule has 0 saturated carbocycles. The van der Waals surface area contributed by atoms with Crippen LogP contribution in [0.4, 0.5) is 0 Å². The number of unbranched alkanes of at least 4 members (excludes halogenated alkanes) is 2. The lowest BCUT2D eigenvalue weighted by atomic mass is 9.98. The smallest absolute Gasteiger partial charge is 0.255 e. The quantitative estimate of drug-likeness (QED) is 0.241. The van der Waals surface area contributed by atoms with Gasteiger partial charge in [-0.25, -0.2) is 0 Å². The lowest BCUT2D eigenvalue weighted by Gasteiger charge is -2.29. The molecular weight excluding hydrogens is 541 g/mol. The molecule has 0 spiro atoms. The molecule has 1 aromatic carbocycles. The Bertz CT molecular complexity index is 1110. The first-order chi connectivity index (χ1) is 15.6. The Morgan fingerprint density at radius 2 is 2.09 bits per heavy atom. The minimum absolute atomic E-state index is 0.123. The number of halogens is 1. The minimum Gasteiger partial charge on any atom is -0.322 e. The second-order valence-electron chi connectivity index (χ2n) is 7.82. The van der Waals surface area contributed by atoms with Crippen molar-refractivity contribution in [1.82, 2.24) is 25.2 Å². The van der Waals surface area contributed by atoms with Gasteiger partial charge in [0.05, 0.1) is 6.20 Å². The van der Waals surface area contributed by atoms with Crippen LogP contribution in [0.2, 0.25) is 0 Å². The van der Waals surface area contributed by atoms with Gasteiger partial charge >= 0.3 is 0 Å². The summed E-state index contributed by atoms with van der Waals surface area (Å²) in [5, 5.41) is 13.4. The summed E-state index contributed by atoms with van der Waals surface area (Å²) in [4.78, 5) is 38.2. The lowest BCUT2D eigenvalue weighted by molar-refractivity contribution is -0.136. The normalized spacial score (nSPS) is 17.7. The minimum atomic E-state index is -0.576. The highest BCUT2D eigenvalue weighted by atomic mass is 127. The fourth-order valence-corrected chi connectivity index (χ4v) is 4.66. The summed E-state index contributed by atoms with van der Waals surface area (Å²) in [7, 11) is 1.42. The van der Waals surface area contributed by atoms with Crippen molar-refractivity contribution < 1.29 is 14.4 Å². The maximum Gasteiger partial charge on any atom is 0.255 e. The molecule has 1 saturated heterocycles. The van der Waals surface area contributed by atoms with Gasteiger partial charge in [0.1, 0.15) is 6.04 Å². The third kappa shape index (κ3) is 5.15. The van der Waals surface area contributed by atoms with Gasteiger partial charge in [0.2, 0.25) is 11.8 Å². The van der Waals surface area contributed by atoms with Gasteiger partial charge in [-0.3, -0.25) is 24.4 Å². The topological polar surface area (TPSA) is 97.2 Å². The summed E-state index contributed by atoms with van der Waals surface area (Å²) in [6, 6.07) is 5.22. The van der Waals surface area contributed by atoms with Gasteiger partial charge in [-0.1, -0.05) is 23.8 Å². The Balaban J connectivity index is 1.30. The second-order valence-corrected chi connectivity index (χ2v) is 9.50. The standard InChI is InChI=1S/C22H22IN5O3S/c23-32-12-10-16-13-27(26-25-16)11-3-1-2-5-15-6-4-7-17-18(15)14-28(22(17)31)19-8-9-20(29)24-21(19)30/h4,6-7,13,19H,1-3,5,8-9,11,14H2,(H,24,29,30). The zero-order chi connectivity index (χ0) is 22.5. The summed E-state index contributed by atoms with van der Waals surface area (Å²) in [6.45, 7) is 1.22. The molecule has 32 heavy (non-hydrogen) atoms. The zero-order valence-electron chi connectivity index (χ0n) is 17.3. The van der Waals surface area contributed by atoms with Crippen LogP contribution in [0.5, 0.6) is 0 Å². The lowest BCUT2D eigenvalue weighted by Crippen LogP contribution is -2.52. The molecular formula is C22H22IN5O3S. The SMILES string of the molecule is O=C1CCC(N2Cc3c(CCCCCn4cc(C#CSI)nn4)cccc3C2=O)C(=O)N1. The molecule has 0 aliphatic carbocycles. The molecule has 2 aromatic rings. The van der Waals surface area contributed by atoms with Crippen LogP contribution in [0, 0.1) is 11.2 Å². The number of nitrogens with one attached hydrogen (secondary N) is 1. The summed E-state index contributed by atoms with van der Waals surface area (Å²) in [5.74, 6) is 2.16. The van der Waals surface area contributed by atoms with Gasteiger partial charge in [-0.2, -0.15) is 0 Å². The number of nitrogens with zero attached hydrogens (tertiary/aromatic N) is 4. The molecule has 10 heteroatoms. The molecule has 3 heterocycles. The maximum atomic E-state index is 12.9. The predicted molar refractivity (Wildman–Crippen MR) is 129 cm³/mol. The van der Waals surface area contributed by atoms with E-state index in [4.69, 9.17) is 0 Å². The Labute approximate surface area is 202 Å². The number of carbonyl (C=O) groups is 3. The van der Waals surface area contributed by atoms with E-state index in [0.717, 1.165) is 43.4 Å². The van der Waals surface area contributed by atoms with E-state index in [1.807, 2.05) is 23.0 Å². The van der Waals surface area contributed by atoms with Gasteiger partial charge in [0, 0.05) is 46.3 Å². The molecule has 2 aliphatic heterocycles. The first-order valence-electron chi connectivity index (χ1n) is 10.5. The monoisotopic (exact) mass is 563 g/mol. The number of aromatic nitrogens is 3. The first kappa shape index (κ1) is 22.8. The number of aryl methyl sites for hydroxylation is 2. The molecule has 2 aliphatic rings. The van der Waals surface area contributed by atoms with E-state index < -0.39 is 6.04 Å². The van der Waals surface area contributed by atoms with Crippen LogP contribution in [-0.4, -0.2) is 43.7 Å². The number of benzene rings is 1. The fraction of sp³-hybridized carbons (Fsp3) is 0.409. The van der Waals surface area contributed by atoms with Crippen LogP contribution >= 0.6 is 30.1 Å². The highest BCUT2D eigenvalue weighted by molar-refractivity contribution is 14.2. The average Bonchev–Trinajstić information content (AvgIpc) is 3.37. The Hall–Kier alpha value is -2.39. The van der Waals surface area contributed by atoms with Crippen molar-refractivity contribution in [2.75, 3.05) is 0 Å². The summed E-state index contributed by atoms with van der Waals surface area (Å²) in [6.07, 6.45) is 6.38. The molecule has 0 bridgehead atoms. The largest absolute Gasteiger partial charge is 0.322 e. The number of hydrogen-bond acceptors (Lipinski definition) is 6. The van der Waals surface area contributed by atoms with Gasteiger partial charge in [-0.05, 0) is 63.0 Å². The van der Waals surface area contributed by atoms with Crippen LogP contribution in [0.25, 0.3) is 0 Å². The molecule has 0 radical (unpaired) electrons. The molecule has 1 aromatic heterocycles. The average molecular weight is 563 g/mol. The van der Waals surface area contributed by atoms with E-state index in [0.29, 0.717) is 24.2 Å². The van der Waals surface area contributed by atoms with E-state index in [2.05, 4.69) is 54.1 Å². The molecule has 1 N–H and O–H groups in total. The van der Waals surface area contributed by atoms with E-state index in [-0.39, 0.29) is 24.1 Å². The van der Waals surface area contributed by atoms with Crippen molar-refractivity contribution >= 4 is 47.9 Å². The number of amides is 3. The number of imide groups is 1. The van der Waals surface area contributed by atoms with E-state index >= 15 is 0 Å². The molecule has 4 rings (SSSR count). The molecule has 166 valence electrons. The third-order valence-electron chi connectivity index (χ3n) is 5.77. The first-order valence-corrected chi connectivity index (χ1v) is 13.9. The van der Waals surface area contributed by atoms with Crippen molar-refractivity contribution in [3.63, 3.8) is 0 Å². The van der Waals surface area contributed by atoms with E-state index in [9.17, 15) is 14.4 Å². The van der Waals surface area contributed by atoms with E-state index in [1.54, 1.807) is 4.90 Å². The van der Waals surface area contributed by atoms with Crippen LogP contribution in [0.1, 0.15) is 59.3 Å². The molecule has 1 unspecified atom stereocenters. The number of piperidine rings is 1. The van der Waals surface area contributed by atoms with Crippen LogP contribution in [-0.2, 0) is 29.1 Å². The number of hydrogen-bond donors (Lipinski definition) is 1. The number of fused-ring (bicyclic) bond motifs is 1. The predicted octanol–water partition coefficient (Wildman–Crippen LogP) is 2.84. The Morgan fingerprint density at radius 3 is 2.91 bits per heavy atom. The highest BCUT2D eigenvalue weighted by Crippen LogP contribution is 2.30. The van der Waals surface area contributed by atoms with Gasteiger partial charge in [0.25, 0.3) is 5.91 Å². The number of carbonyl (C=O) groups excluding carboxylic acids is 3. The van der Waals surface area contributed by atoms with Crippen molar-refractivity contribution in [3.8, 4) is 11.2 Å². The van der Waals surface area contributed by atoms with E-state index in [1.165, 1.54) is 8.93 Å². The van der Waals surface area contributed by atoms with Gasteiger partial charge in [-0.15, -0.1) is 5.10 Å². The molecule has 8 nitrogen and oxygen atoms in total.